The molecule has 1 fully saturated rings. The van der Waals surface area contributed by atoms with E-state index in [1.807, 2.05) is 0 Å². The number of aromatic nitrogens is 2. The van der Waals surface area contributed by atoms with Gasteiger partial charge in [-0.3, -0.25) is 4.57 Å². The van der Waals surface area contributed by atoms with E-state index in [-0.39, 0.29) is 5.82 Å². The molecule has 1 aromatic heterocycles. The van der Waals surface area contributed by atoms with Crippen molar-refractivity contribution in [1.29, 1.82) is 0 Å². The van der Waals surface area contributed by atoms with Crippen LogP contribution in [0.2, 0.25) is 0 Å². The minimum absolute atomic E-state index is 0.1000. The molecule has 5 N–H and O–H groups in total. The standard InChI is InChI=1S/C10H15N3O5/c1-4-2-13(10(17)12-8(4)11)9-7(16)6(15)5(3-14)18-9/h2,5-7,9,14-16H,3H2,1H3,(H2,11,12,17)/t5-,6+,7+,9-/m0/s1. The molecule has 0 saturated carbocycles. The predicted molar refractivity (Wildman–Crippen MR) is 60.7 cm³/mol. The maximum absolute atomic E-state index is 11.7. The lowest BCUT2D eigenvalue weighted by atomic mass is 10.1. The van der Waals surface area contributed by atoms with Gasteiger partial charge in [-0.15, -0.1) is 0 Å². The first-order chi connectivity index (χ1) is 8.45. The van der Waals surface area contributed by atoms with Crippen molar-refractivity contribution in [3.8, 4) is 0 Å². The van der Waals surface area contributed by atoms with E-state index < -0.39 is 36.8 Å². The van der Waals surface area contributed by atoms with Gasteiger partial charge in [0.2, 0.25) is 0 Å². The fourth-order valence-corrected chi connectivity index (χ4v) is 1.87. The van der Waals surface area contributed by atoms with E-state index in [4.69, 9.17) is 15.6 Å². The summed E-state index contributed by atoms with van der Waals surface area (Å²) in [4.78, 5) is 15.2. The highest BCUT2D eigenvalue weighted by Gasteiger charge is 2.43. The van der Waals surface area contributed by atoms with Gasteiger partial charge in [0.15, 0.2) is 6.23 Å². The normalized spacial score (nSPS) is 31.8. The van der Waals surface area contributed by atoms with E-state index in [1.165, 1.54) is 6.20 Å². The summed E-state index contributed by atoms with van der Waals surface area (Å²) >= 11 is 0. The monoisotopic (exact) mass is 257 g/mol. The molecule has 4 atom stereocenters. The summed E-state index contributed by atoms with van der Waals surface area (Å²) in [5, 5.41) is 28.4. The number of nitrogens with two attached hydrogens (primary N) is 1. The molecule has 18 heavy (non-hydrogen) atoms. The second-order valence-corrected chi connectivity index (χ2v) is 4.23. The van der Waals surface area contributed by atoms with Gasteiger partial charge in [-0.2, -0.15) is 4.98 Å². The lowest BCUT2D eigenvalue weighted by molar-refractivity contribution is -0.0550. The number of nitrogen functional groups attached to an aromatic ring is 1. The molecule has 1 aromatic rings. The van der Waals surface area contributed by atoms with Crippen LogP contribution >= 0.6 is 0 Å². The number of aryl methyl sites for hydroxylation is 1. The number of rotatable bonds is 2. The van der Waals surface area contributed by atoms with E-state index >= 15 is 0 Å². The Hall–Kier alpha value is -1.48. The Morgan fingerprint density at radius 2 is 2.17 bits per heavy atom. The Labute approximate surface area is 102 Å². The molecule has 0 aromatic carbocycles. The molecule has 100 valence electrons. The number of ether oxygens (including phenoxy) is 1. The Morgan fingerprint density at radius 1 is 1.50 bits per heavy atom. The van der Waals surface area contributed by atoms with Crippen molar-refractivity contribution in [1.82, 2.24) is 9.55 Å². The first kappa shape index (κ1) is 13.0. The maximum Gasteiger partial charge on any atom is 0.351 e. The minimum atomic E-state index is -1.32. The number of hydrogen-bond donors (Lipinski definition) is 4. The van der Waals surface area contributed by atoms with Gasteiger partial charge < -0.3 is 25.8 Å². The second-order valence-electron chi connectivity index (χ2n) is 4.23. The van der Waals surface area contributed by atoms with Crippen molar-refractivity contribution in [2.75, 3.05) is 12.3 Å². The molecule has 2 heterocycles. The summed E-state index contributed by atoms with van der Waals surface area (Å²) in [5.74, 6) is 0.1000. The van der Waals surface area contributed by atoms with Crippen molar-refractivity contribution in [3.63, 3.8) is 0 Å². The average molecular weight is 257 g/mol. The lowest BCUT2D eigenvalue weighted by Gasteiger charge is -2.17. The quantitative estimate of drug-likeness (QED) is 0.470. The van der Waals surface area contributed by atoms with Gasteiger partial charge in [0.25, 0.3) is 0 Å². The Morgan fingerprint density at radius 3 is 2.72 bits per heavy atom. The molecule has 8 nitrogen and oxygen atoms in total. The van der Waals surface area contributed by atoms with E-state index in [1.54, 1.807) is 6.92 Å². The van der Waals surface area contributed by atoms with E-state index in [0.717, 1.165) is 4.57 Å². The van der Waals surface area contributed by atoms with E-state index in [0.29, 0.717) is 5.56 Å². The van der Waals surface area contributed by atoms with Crippen LogP contribution in [0, 0.1) is 6.92 Å². The van der Waals surface area contributed by atoms with Crippen molar-refractivity contribution in [3.05, 3.63) is 22.2 Å². The van der Waals surface area contributed by atoms with Crippen LogP contribution < -0.4 is 11.4 Å². The molecule has 0 unspecified atom stereocenters. The zero-order valence-electron chi connectivity index (χ0n) is 9.72. The minimum Gasteiger partial charge on any atom is -0.394 e. The first-order valence-corrected chi connectivity index (χ1v) is 5.43. The molecule has 8 heteroatoms. The van der Waals surface area contributed by atoms with Gasteiger partial charge in [-0.25, -0.2) is 4.79 Å². The summed E-state index contributed by atoms with van der Waals surface area (Å²) in [5.41, 5.74) is 5.35. The molecule has 1 saturated heterocycles. The molecule has 1 aliphatic heterocycles. The number of hydrogen-bond acceptors (Lipinski definition) is 7. The third-order valence-corrected chi connectivity index (χ3v) is 2.97. The van der Waals surface area contributed by atoms with Crippen molar-refractivity contribution in [2.45, 2.75) is 31.5 Å². The highest BCUT2D eigenvalue weighted by Crippen LogP contribution is 2.28. The predicted octanol–water partition coefficient (Wildman–Crippen LogP) is -2.25. The molecule has 0 bridgehead atoms. The molecule has 0 radical (unpaired) electrons. The second kappa shape index (κ2) is 4.65. The topological polar surface area (TPSA) is 131 Å². The van der Waals surface area contributed by atoms with Gasteiger partial charge in [0, 0.05) is 11.8 Å². The number of anilines is 1. The third kappa shape index (κ3) is 1.99. The van der Waals surface area contributed by atoms with Gasteiger partial charge in [0.05, 0.1) is 6.61 Å². The summed E-state index contributed by atoms with van der Waals surface area (Å²) in [6.07, 6.45) is -3.20. The van der Waals surface area contributed by atoms with Crippen LogP contribution in [0.4, 0.5) is 5.82 Å². The average Bonchev–Trinajstić information content (AvgIpc) is 2.61. The van der Waals surface area contributed by atoms with Crippen LogP contribution in [-0.2, 0) is 4.74 Å². The molecular weight excluding hydrogens is 242 g/mol. The maximum atomic E-state index is 11.7. The largest absolute Gasteiger partial charge is 0.394 e. The first-order valence-electron chi connectivity index (χ1n) is 5.43. The number of nitrogens with zero attached hydrogens (tertiary/aromatic N) is 2. The molecule has 1 aliphatic rings. The van der Waals surface area contributed by atoms with Crippen molar-refractivity contribution >= 4 is 5.82 Å². The van der Waals surface area contributed by atoms with Gasteiger partial charge >= 0.3 is 5.69 Å². The van der Waals surface area contributed by atoms with Crippen molar-refractivity contribution < 1.29 is 20.1 Å². The summed E-state index contributed by atoms with van der Waals surface area (Å²) in [7, 11) is 0. The Kier molecular flexibility index (Phi) is 3.35. The smallest absolute Gasteiger partial charge is 0.351 e. The zero-order valence-corrected chi connectivity index (χ0v) is 9.72. The number of aliphatic hydroxyl groups is 3. The Bertz CT molecular complexity index is 503. The number of aliphatic hydroxyl groups excluding tert-OH is 3. The highest BCUT2D eigenvalue weighted by atomic mass is 16.6. The van der Waals surface area contributed by atoms with Crippen LogP contribution in [0.5, 0.6) is 0 Å². The van der Waals surface area contributed by atoms with Gasteiger partial charge in [-0.05, 0) is 6.92 Å². The van der Waals surface area contributed by atoms with Crippen molar-refractivity contribution in [2.24, 2.45) is 0 Å². The van der Waals surface area contributed by atoms with Crippen LogP contribution in [0.1, 0.15) is 11.8 Å². The van der Waals surface area contributed by atoms with Crippen LogP contribution in [-0.4, -0.2) is 49.8 Å². The van der Waals surface area contributed by atoms with Gasteiger partial charge in [-0.1, -0.05) is 0 Å². The van der Waals surface area contributed by atoms with Crippen LogP contribution in [0.25, 0.3) is 0 Å². The molecule has 0 aliphatic carbocycles. The lowest BCUT2D eigenvalue weighted by Crippen LogP contribution is -2.36. The molecule has 0 spiro atoms. The summed E-state index contributed by atoms with van der Waals surface area (Å²) in [6, 6.07) is 0. The summed E-state index contributed by atoms with van der Waals surface area (Å²) < 4.78 is 6.28. The third-order valence-electron chi connectivity index (χ3n) is 2.97. The highest BCUT2D eigenvalue weighted by molar-refractivity contribution is 5.35. The zero-order chi connectivity index (χ0) is 13.4. The van der Waals surface area contributed by atoms with Gasteiger partial charge in [0.1, 0.15) is 24.1 Å². The van der Waals surface area contributed by atoms with Crippen LogP contribution in [0.3, 0.4) is 0 Å². The van der Waals surface area contributed by atoms with E-state index in [9.17, 15) is 15.0 Å². The molecular formula is C10H15N3O5. The molecule has 2 rings (SSSR count). The molecule has 0 amide bonds. The fourth-order valence-electron chi connectivity index (χ4n) is 1.87. The SMILES string of the molecule is Cc1cn([C@H]2O[C@@H](CO)[C@@H](O)[C@H]2O)c(=O)nc1N. The summed E-state index contributed by atoms with van der Waals surface area (Å²) in [6.45, 7) is 1.20. The fraction of sp³-hybridized carbons (Fsp3) is 0.600. The Balaban J connectivity index is 2.39. The van der Waals surface area contributed by atoms with Crippen LogP contribution in [0.15, 0.2) is 11.0 Å². The van der Waals surface area contributed by atoms with E-state index in [2.05, 4.69) is 4.98 Å².